The van der Waals surface area contributed by atoms with Crippen molar-refractivity contribution in [3.05, 3.63) is 17.5 Å². The van der Waals surface area contributed by atoms with Gasteiger partial charge in [0.25, 0.3) is 0 Å². The highest BCUT2D eigenvalue weighted by atomic mass is 16.5. The predicted octanol–water partition coefficient (Wildman–Crippen LogP) is 2.23. The van der Waals surface area contributed by atoms with Crippen molar-refractivity contribution in [1.29, 1.82) is 0 Å². The molecule has 0 unspecified atom stereocenters. The second kappa shape index (κ2) is 6.01. The van der Waals surface area contributed by atoms with Crippen molar-refractivity contribution in [2.24, 2.45) is 11.7 Å². The van der Waals surface area contributed by atoms with Gasteiger partial charge in [-0.1, -0.05) is 24.4 Å². The van der Waals surface area contributed by atoms with Crippen LogP contribution in [0.1, 0.15) is 43.6 Å². The van der Waals surface area contributed by atoms with E-state index in [0.29, 0.717) is 13.2 Å². The largest absolute Gasteiger partial charge is 0.373 e. The van der Waals surface area contributed by atoms with E-state index in [2.05, 4.69) is 5.16 Å². The highest BCUT2D eigenvalue weighted by Crippen LogP contribution is 2.23. The molecule has 90 valence electrons. The molecule has 1 saturated carbocycles. The Bertz CT molecular complexity index is 306. The molecular weight excluding hydrogens is 204 g/mol. The zero-order valence-electron chi connectivity index (χ0n) is 9.65. The normalized spacial score (nSPS) is 17.8. The minimum Gasteiger partial charge on any atom is -0.373 e. The topological polar surface area (TPSA) is 61.3 Å². The highest BCUT2D eigenvalue weighted by Gasteiger charge is 2.13. The number of nitrogens with two attached hydrogens (primary N) is 1. The smallest absolute Gasteiger partial charge is 0.162 e. The SMILES string of the molecule is NCc1cc(COCC2CCCCC2)on1. The zero-order valence-corrected chi connectivity index (χ0v) is 9.65. The molecule has 0 aliphatic heterocycles. The molecule has 1 fully saturated rings. The number of nitrogens with zero attached hydrogens (tertiary/aromatic N) is 1. The maximum Gasteiger partial charge on any atom is 0.162 e. The van der Waals surface area contributed by atoms with Crippen LogP contribution in [0, 0.1) is 5.92 Å². The zero-order chi connectivity index (χ0) is 11.2. The molecule has 0 atom stereocenters. The molecule has 2 N–H and O–H groups in total. The van der Waals surface area contributed by atoms with Crippen molar-refractivity contribution in [2.45, 2.75) is 45.3 Å². The van der Waals surface area contributed by atoms with Crippen LogP contribution in [0.5, 0.6) is 0 Å². The summed E-state index contributed by atoms with van der Waals surface area (Å²) in [6, 6.07) is 1.86. The van der Waals surface area contributed by atoms with Crippen LogP contribution < -0.4 is 5.73 Å². The molecule has 0 aromatic carbocycles. The molecule has 16 heavy (non-hydrogen) atoms. The maximum absolute atomic E-state index is 5.64. The van der Waals surface area contributed by atoms with Gasteiger partial charge < -0.3 is 15.0 Å². The first-order valence-electron chi connectivity index (χ1n) is 6.11. The Morgan fingerprint density at radius 2 is 2.19 bits per heavy atom. The third-order valence-corrected chi connectivity index (χ3v) is 3.14. The first-order valence-corrected chi connectivity index (χ1v) is 6.11. The van der Waals surface area contributed by atoms with Crippen LogP contribution in [-0.4, -0.2) is 11.8 Å². The monoisotopic (exact) mass is 224 g/mol. The Morgan fingerprint density at radius 3 is 2.88 bits per heavy atom. The summed E-state index contributed by atoms with van der Waals surface area (Å²) >= 11 is 0. The van der Waals surface area contributed by atoms with E-state index in [1.807, 2.05) is 6.07 Å². The van der Waals surface area contributed by atoms with Crippen molar-refractivity contribution in [1.82, 2.24) is 5.16 Å². The summed E-state index contributed by atoms with van der Waals surface area (Å²) in [5.74, 6) is 1.52. The van der Waals surface area contributed by atoms with Gasteiger partial charge in [0, 0.05) is 19.2 Å². The fourth-order valence-corrected chi connectivity index (χ4v) is 2.20. The van der Waals surface area contributed by atoms with E-state index in [4.69, 9.17) is 15.0 Å². The van der Waals surface area contributed by atoms with Crippen molar-refractivity contribution in [3.8, 4) is 0 Å². The van der Waals surface area contributed by atoms with E-state index >= 15 is 0 Å². The van der Waals surface area contributed by atoms with Gasteiger partial charge in [-0.15, -0.1) is 0 Å². The average Bonchev–Trinajstić information content (AvgIpc) is 2.78. The predicted molar refractivity (Wildman–Crippen MR) is 60.6 cm³/mol. The van der Waals surface area contributed by atoms with Gasteiger partial charge in [-0.2, -0.15) is 0 Å². The first kappa shape index (κ1) is 11.6. The Labute approximate surface area is 96.1 Å². The second-order valence-electron chi connectivity index (χ2n) is 4.51. The van der Waals surface area contributed by atoms with Crippen molar-refractivity contribution >= 4 is 0 Å². The van der Waals surface area contributed by atoms with Crippen LogP contribution in [-0.2, 0) is 17.9 Å². The molecular formula is C12H20N2O2. The summed E-state index contributed by atoms with van der Waals surface area (Å²) in [4.78, 5) is 0. The lowest BCUT2D eigenvalue weighted by atomic mass is 9.90. The summed E-state index contributed by atoms with van der Waals surface area (Å²) in [7, 11) is 0. The van der Waals surface area contributed by atoms with Crippen LogP contribution in [0.25, 0.3) is 0 Å². The molecule has 0 radical (unpaired) electrons. The molecule has 4 nitrogen and oxygen atoms in total. The lowest BCUT2D eigenvalue weighted by Gasteiger charge is -2.20. The average molecular weight is 224 g/mol. The lowest BCUT2D eigenvalue weighted by Crippen LogP contribution is -2.13. The molecule has 1 aromatic heterocycles. The van der Waals surface area contributed by atoms with E-state index < -0.39 is 0 Å². The first-order chi connectivity index (χ1) is 7.88. The van der Waals surface area contributed by atoms with Crippen molar-refractivity contribution < 1.29 is 9.26 Å². The van der Waals surface area contributed by atoms with Gasteiger partial charge in [0.15, 0.2) is 5.76 Å². The van der Waals surface area contributed by atoms with Crippen LogP contribution in [0.15, 0.2) is 10.6 Å². The van der Waals surface area contributed by atoms with Gasteiger partial charge >= 0.3 is 0 Å². The van der Waals surface area contributed by atoms with E-state index in [9.17, 15) is 0 Å². The molecule has 1 aliphatic rings. The fraction of sp³-hybridized carbons (Fsp3) is 0.750. The Kier molecular flexibility index (Phi) is 4.36. The number of aromatic nitrogens is 1. The van der Waals surface area contributed by atoms with Gasteiger partial charge in [0.05, 0.1) is 5.69 Å². The Balaban J connectivity index is 1.66. The molecule has 1 heterocycles. The van der Waals surface area contributed by atoms with E-state index in [1.54, 1.807) is 0 Å². The Hall–Kier alpha value is -0.870. The van der Waals surface area contributed by atoms with Gasteiger partial charge in [-0.05, 0) is 18.8 Å². The molecule has 4 heteroatoms. The van der Waals surface area contributed by atoms with Crippen LogP contribution in [0.4, 0.5) is 0 Å². The fourth-order valence-electron chi connectivity index (χ4n) is 2.20. The van der Waals surface area contributed by atoms with Gasteiger partial charge in [0.1, 0.15) is 6.61 Å². The summed E-state index contributed by atoms with van der Waals surface area (Å²) in [5, 5.41) is 3.82. The molecule has 1 aromatic rings. The second-order valence-corrected chi connectivity index (χ2v) is 4.51. The van der Waals surface area contributed by atoms with Crippen LogP contribution >= 0.6 is 0 Å². The lowest BCUT2D eigenvalue weighted by molar-refractivity contribution is 0.0606. The standard InChI is InChI=1S/C12H20N2O2/c13-7-11-6-12(16-14-11)9-15-8-10-4-2-1-3-5-10/h6,10H,1-5,7-9,13H2. The van der Waals surface area contributed by atoms with E-state index in [-0.39, 0.29) is 0 Å². The van der Waals surface area contributed by atoms with Crippen LogP contribution in [0.3, 0.4) is 0 Å². The summed E-state index contributed by atoms with van der Waals surface area (Å²) in [6.07, 6.45) is 6.72. The number of rotatable bonds is 5. The van der Waals surface area contributed by atoms with E-state index in [0.717, 1.165) is 24.0 Å². The van der Waals surface area contributed by atoms with Crippen molar-refractivity contribution in [3.63, 3.8) is 0 Å². The summed E-state index contributed by atoms with van der Waals surface area (Å²) in [6.45, 7) is 1.79. The van der Waals surface area contributed by atoms with E-state index in [1.165, 1.54) is 32.1 Å². The Morgan fingerprint density at radius 1 is 1.38 bits per heavy atom. The van der Waals surface area contributed by atoms with Crippen LogP contribution in [0.2, 0.25) is 0 Å². The van der Waals surface area contributed by atoms with Crippen molar-refractivity contribution in [2.75, 3.05) is 6.61 Å². The van der Waals surface area contributed by atoms with Gasteiger partial charge in [0.2, 0.25) is 0 Å². The molecule has 0 bridgehead atoms. The summed E-state index contributed by atoms with van der Waals surface area (Å²) in [5.41, 5.74) is 6.23. The number of ether oxygens (including phenoxy) is 1. The molecule has 1 aliphatic carbocycles. The highest BCUT2D eigenvalue weighted by molar-refractivity contribution is 5.03. The number of hydrogen-bond acceptors (Lipinski definition) is 4. The minimum atomic E-state index is 0.423. The van der Waals surface area contributed by atoms with Gasteiger partial charge in [-0.25, -0.2) is 0 Å². The molecule has 0 amide bonds. The molecule has 2 rings (SSSR count). The minimum absolute atomic E-state index is 0.423. The third kappa shape index (κ3) is 3.32. The van der Waals surface area contributed by atoms with Gasteiger partial charge in [-0.3, -0.25) is 0 Å². The quantitative estimate of drug-likeness (QED) is 0.833. The maximum atomic E-state index is 5.64. The third-order valence-electron chi connectivity index (χ3n) is 3.14. The summed E-state index contributed by atoms with van der Waals surface area (Å²) < 4.78 is 10.7. The number of hydrogen-bond donors (Lipinski definition) is 1. The molecule has 0 spiro atoms. The molecule has 0 saturated heterocycles.